The maximum atomic E-state index is 10.9. The van der Waals surface area contributed by atoms with Crippen molar-refractivity contribution in [1.29, 1.82) is 0 Å². The van der Waals surface area contributed by atoms with E-state index in [1.54, 1.807) is 21.6 Å². The van der Waals surface area contributed by atoms with Gasteiger partial charge in [-0.2, -0.15) is 10.2 Å². The number of allylic oxidation sites excluding steroid dienone is 1. The van der Waals surface area contributed by atoms with Crippen LogP contribution >= 0.6 is 0 Å². The highest BCUT2D eigenvalue weighted by atomic mass is 16.4. The predicted octanol–water partition coefficient (Wildman–Crippen LogP) is 2.33. The quantitative estimate of drug-likeness (QED) is 0.764. The zero-order chi connectivity index (χ0) is 17.4. The van der Waals surface area contributed by atoms with E-state index < -0.39 is 6.09 Å². The number of hydrogen-bond acceptors (Lipinski definition) is 4. The number of nitrogens with zero attached hydrogens (tertiary/aromatic N) is 5. The first-order valence-corrected chi connectivity index (χ1v) is 8.14. The molecule has 3 heterocycles. The Bertz CT molecular complexity index is 971. The highest BCUT2D eigenvalue weighted by molar-refractivity contribution is 5.78. The van der Waals surface area contributed by atoms with Crippen LogP contribution in [-0.2, 0) is 7.05 Å². The lowest BCUT2D eigenvalue weighted by Gasteiger charge is -2.21. The van der Waals surface area contributed by atoms with E-state index in [2.05, 4.69) is 15.5 Å². The van der Waals surface area contributed by atoms with E-state index in [0.717, 1.165) is 47.3 Å². The molecule has 0 unspecified atom stereocenters. The van der Waals surface area contributed by atoms with Gasteiger partial charge in [0.1, 0.15) is 0 Å². The topological polar surface area (TPSA) is 97.3 Å². The summed E-state index contributed by atoms with van der Waals surface area (Å²) in [6.07, 6.45) is 10.8. The molecular formula is C17H18N6O2. The third kappa shape index (κ3) is 2.98. The Morgan fingerprint density at radius 3 is 3.00 bits per heavy atom. The van der Waals surface area contributed by atoms with Crippen molar-refractivity contribution in [3.8, 4) is 11.3 Å². The molecule has 1 atom stereocenters. The van der Waals surface area contributed by atoms with Gasteiger partial charge in [0, 0.05) is 18.8 Å². The van der Waals surface area contributed by atoms with Gasteiger partial charge in [-0.25, -0.2) is 14.3 Å². The van der Waals surface area contributed by atoms with Gasteiger partial charge in [0.15, 0.2) is 0 Å². The van der Waals surface area contributed by atoms with E-state index in [1.165, 1.54) is 0 Å². The van der Waals surface area contributed by atoms with Crippen molar-refractivity contribution in [3.05, 3.63) is 42.6 Å². The van der Waals surface area contributed by atoms with Crippen LogP contribution in [0.3, 0.4) is 0 Å². The maximum absolute atomic E-state index is 10.9. The Kier molecular flexibility index (Phi) is 3.72. The first kappa shape index (κ1) is 15.4. The number of aromatic nitrogens is 5. The Hall–Kier alpha value is -3.16. The van der Waals surface area contributed by atoms with Gasteiger partial charge in [-0.05, 0) is 30.9 Å². The zero-order valence-corrected chi connectivity index (χ0v) is 13.8. The molecule has 3 aromatic heterocycles. The van der Waals surface area contributed by atoms with E-state index in [-0.39, 0.29) is 6.04 Å². The smallest absolute Gasteiger partial charge is 0.405 e. The van der Waals surface area contributed by atoms with Gasteiger partial charge in [-0.1, -0.05) is 6.08 Å². The molecule has 1 aliphatic carbocycles. The summed E-state index contributed by atoms with van der Waals surface area (Å²) in [6, 6.07) is 1.73. The molecule has 1 amide bonds. The molecule has 0 aliphatic heterocycles. The monoisotopic (exact) mass is 338 g/mol. The van der Waals surface area contributed by atoms with Crippen molar-refractivity contribution < 1.29 is 9.90 Å². The van der Waals surface area contributed by atoms with Gasteiger partial charge in [-0.15, -0.1) is 0 Å². The number of carbonyl (C=O) groups is 1. The molecular weight excluding hydrogens is 320 g/mol. The predicted molar refractivity (Wildman–Crippen MR) is 92.0 cm³/mol. The molecule has 0 bridgehead atoms. The third-order valence-corrected chi connectivity index (χ3v) is 4.37. The molecule has 0 radical (unpaired) electrons. The maximum Gasteiger partial charge on any atom is 0.405 e. The first-order chi connectivity index (χ1) is 12.1. The molecule has 0 fully saturated rings. The lowest BCUT2D eigenvalue weighted by atomic mass is 9.93. The van der Waals surface area contributed by atoms with Crippen LogP contribution in [0.2, 0.25) is 0 Å². The Labute approximate surface area is 143 Å². The average molecular weight is 338 g/mol. The number of aryl methyl sites for hydroxylation is 1. The second-order valence-electron chi connectivity index (χ2n) is 6.18. The van der Waals surface area contributed by atoms with Crippen LogP contribution in [0.5, 0.6) is 0 Å². The molecule has 4 rings (SSSR count). The van der Waals surface area contributed by atoms with E-state index in [9.17, 15) is 4.79 Å². The number of carboxylic acid groups (broad SMARTS) is 1. The third-order valence-electron chi connectivity index (χ3n) is 4.37. The summed E-state index contributed by atoms with van der Waals surface area (Å²) in [6.45, 7) is 0. The summed E-state index contributed by atoms with van der Waals surface area (Å²) in [5.74, 6) is 0. The minimum absolute atomic E-state index is 0.187. The van der Waals surface area contributed by atoms with Gasteiger partial charge in [0.2, 0.25) is 0 Å². The van der Waals surface area contributed by atoms with Crippen molar-refractivity contribution in [2.24, 2.45) is 7.05 Å². The first-order valence-electron chi connectivity index (χ1n) is 8.14. The van der Waals surface area contributed by atoms with Crippen LogP contribution in [0.1, 0.15) is 25.0 Å². The fraction of sp³-hybridized carbons (Fsp3) is 0.294. The summed E-state index contributed by atoms with van der Waals surface area (Å²) < 4.78 is 3.54. The molecule has 2 N–H and O–H groups in total. The van der Waals surface area contributed by atoms with Crippen LogP contribution in [0, 0.1) is 0 Å². The molecule has 8 heteroatoms. The minimum Gasteiger partial charge on any atom is -0.465 e. The molecule has 8 nitrogen and oxygen atoms in total. The normalized spacial score (nSPS) is 17.5. The minimum atomic E-state index is -1.01. The Morgan fingerprint density at radius 2 is 2.24 bits per heavy atom. The van der Waals surface area contributed by atoms with E-state index in [0.29, 0.717) is 0 Å². The van der Waals surface area contributed by atoms with Crippen molar-refractivity contribution in [3.63, 3.8) is 0 Å². The van der Waals surface area contributed by atoms with Gasteiger partial charge >= 0.3 is 6.09 Å². The second-order valence-corrected chi connectivity index (χ2v) is 6.18. The lowest BCUT2D eigenvalue weighted by molar-refractivity contribution is 0.191. The van der Waals surface area contributed by atoms with Crippen molar-refractivity contribution >= 4 is 17.2 Å². The average Bonchev–Trinajstić information content (AvgIpc) is 3.22. The van der Waals surface area contributed by atoms with Gasteiger partial charge in [0.05, 0.1) is 41.5 Å². The molecule has 0 saturated carbocycles. The van der Waals surface area contributed by atoms with Crippen LogP contribution in [0.4, 0.5) is 4.79 Å². The highest BCUT2D eigenvalue weighted by Crippen LogP contribution is 2.30. The standard InChI is InChI=1S/C17H18N6O2/c1-22-9-12(8-19-22)14-10-23-15(5-6-18-23)16(21-14)11-3-2-4-13(7-11)20-17(24)25/h5-10,13,20H,2-4H2,1H3,(H,24,25)/t13-/m1/s1. The summed E-state index contributed by atoms with van der Waals surface area (Å²) in [5, 5.41) is 20.1. The number of hydrogen-bond donors (Lipinski definition) is 2. The van der Waals surface area contributed by atoms with Gasteiger partial charge in [0.25, 0.3) is 0 Å². The summed E-state index contributed by atoms with van der Waals surface area (Å²) in [7, 11) is 1.86. The number of amides is 1. The van der Waals surface area contributed by atoms with Crippen molar-refractivity contribution in [2.75, 3.05) is 0 Å². The molecule has 25 heavy (non-hydrogen) atoms. The van der Waals surface area contributed by atoms with E-state index >= 15 is 0 Å². The van der Waals surface area contributed by atoms with Gasteiger partial charge in [-0.3, -0.25) is 4.68 Å². The molecule has 128 valence electrons. The molecule has 0 aromatic carbocycles. The SMILES string of the molecule is Cn1cc(-c2cn3nccc3c(C3=C[C@H](NC(=O)O)CCC3)n2)cn1. The Balaban J connectivity index is 1.81. The van der Waals surface area contributed by atoms with Crippen LogP contribution in [-0.4, -0.2) is 41.6 Å². The fourth-order valence-electron chi connectivity index (χ4n) is 3.25. The van der Waals surface area contributed by atoms with Gasteiger partial charge < -0.3 is 10.4 Å². The number of fused-ring (bicyclic) bond motifs is 1. The Morgan fingerprint density at radius 1 is 1.36 bits per heavy atom. The number of rotatable bonds is 3. The number of nitrogens with one attached hydrogen (secondary N) is 1. The van der Waals surface area contributed by atoms with E-state index in [4.69, 9.17) is 10.1 Å². The van der Waals surface area contributed by atoms with E-state index in [1.807, 2.05) is 31.6 Å². The van der Waals surface area contributed by atoms with Crippen molar-refractivity contribution in [2.45, 2.75) is 25.3 Å². The summed E-state index contributed by atoms with van der Waals surface area (Å²) >= 11 is 0. The largest absolute Gasteiger partial charge is 0.465 e. The molecule has 0 spiro atoms. The fourth-order valence-corrected chi connectivity index (χ4v) is 3.25. The van der Waals surface area contributed by atoms with Crippen LogP contribution < -0.4 is 5.32 Å². The highest BCUT2D eigenvalue weighted by Gasteiger charge is 2.20. The summed E-state index contributed by atoms with van der Waals surface area (Å²) in [4.78, 5) is 15.8. The lowest BCUT2D eigenvalue weighted by Crippen LogP contribution is -2.33. The van der Waals surface area contributed by atoms with Crippen LogP contribution in [0.15, 0.2) is 36.9 Å². The van der Waals surface area contributed by atoms with Crippen molar-refractivity contribution in [1.82, 2.24) is 29.7 Å². The molecule has 3 aromatic rings. The zero-order valence-electron chi connectivity index (χ0n) is 13.8. The molecule has 0 saturated heterocycles. The summed E-state index contributed by atoms with van der Waals surface area (Å²) in [5.41, 5.74) is 4.50. The van der Waals surface area contributed by atoms with Crippen LogP contribution in [0.25, 0.3) is 22.3 Å². The molecule has 1 aliphatic rings. The second kappa shape index (κ2) is 6.04.